The Morgan fingerprint density at radius 1 is 0.833 bits per heavy atom. The van der Waals surface area contributed by atoms with E-state index in [1.807, 2.05) is 42.5 Å². The first kappa shape index (κ1) is 14.3. The first-order valence-corrected chi connectivity index (χ1v) is 7.77. The normalized spacial score (nSPS) is 10.8. The van der Waals surface area contributed by atoms with Gasteiger partial charge in [0.1, 0.15) is 0 Å². The number of rotatable bonds is 3. The summed E-state index contributed by atoms with van der Waals surface area (Å²) in [6.07, 6.45) is 1.72. The van der Waals surface area contributed by atoms with Crippen LogP contribution in [0.5, 0.6) is 0 Å². The van der Waals surface area contributed by atoms with Gasteiger partial charge in [-0.15, -0.1) is 0 Å². The molecule has 4 aromatic rings. The molecule has 0 radical (unpaired) electrons. The SMILES string of the molecule is O=c1ccc(-c2cccc3ccccc23)nn1Cc1ccccn1. The molecule has 0 aliphatic carbocycles. The summed E-state index contributed by atoms with van der Waals surface area (Å²) in [7, 11) is 0. The van der Waals surface area contributed by atoms with Crippen molar-refractivity contribution in [1.82, 2.24) is 14.8 Å². The Labute approximate surface area is 139 Å². The van der Waals surface area contributed by atoms with Gasteiger partial charge in [-0.2, -0.15) is 5.10 Å². The van der Waals surface area contributed by atoms with E-state index >= 15 is 0 Å². The molecule has 2 heterocycles. The summed E-state index contributed by atoms with van der Waals surface area (Å²) >= 11 is 0. The van der Waals surface area contributed by atoms with E-state index in [-0.39, 0.29) is 5.56 Å². The highest BCUT2D eigenvalue weighted by atomic mass is 16.1. The highest BCUT2D eigenvalue weighted by molar-refractivity contribution is 5.95. The molecular weight excluding hydrogens is 298 g/mol. The summed E-state index contributed by atoms with van der Waals surface area (Å²) in [6, 6.07) is 23.3. The van der Waals surface area contributed by atoms with Gasteiger partial charge in [-0.3, -0.25) is 9.78 Å². The zero-order valence-corrected chi connectivity index (χ0v) is 13.0. The molecule has 2 aromatic carbocycles. The van der Waals surface area contributed by atoms with E-state index in [0.29, 0.717) is 6.54 Å². The first-order chi connectivity index (χ1) is 11.8. The minimum atomic E-state index is -0.135. The number of hydrogen-bond acceptors (Lipinski definition) is 3. The molecular formula is C20H15N3O. The lowest BCUT2D eigenvalue weighted by atomic mass is 10.0. The van der Waals surface area contributed by atoms with Crippen LogP contribution in [0.1, 0.15) is 5.69 Å². The van der Waals surface area contributed by atoms with Crippen molar-refractivity contribution in [2.24, 2.45) is 0 Å². The maximum Gasteiger partial charge on any atom is 0.267 e. The smallest absolute Gasteiger partial charge is 0.267 e. The number of fused-ring (bicyclic) bond motifs is 1. The lowest BCUT2D eigenvalue weighted by Gasteiger charge is -2.09. The third kappa shape index (κ3) is 2.70. The third-order valence-corrected chi connectivity index (χ3v) is 3.97. The Hall–Kier alpha value is -3.27. The van der Waals surface area contributed by atoms with Crippen molar-refractivity contribution in [1.29, 1.82) is 0 Å². The molecule has 0 bridgehead atoms. The van der Waals surface area contributed by atoms with Crippen molar-refractivity contribution in [3.63, 3.8) is 0 Å². The second-order valence-corrected chi connectivity index (χ2v) is 5.56. The quantitative estimate of drug-likeness (QED) is 0.581. The van der Waals surface area contributed by atoms with Crippen molar-refractivity contribution < 1.29 is 0 Å². The van der Waals surface area contributed by atoms with Gasteiger partial charge in [-0.05, 0) is 29.0 Å². The molecule has 4 rings (SSSR count). The van der Waals surface area contributed by atoms with Crippen LogP contribution in [0.4, 0.5) is 0 Å². The molecule has 0 saturated heterocycles. The number of aromatic nitrogens is 3. The lowest BCUT2D eigenvalue weighted by Crippen LogP contribution is -2.23. The average molecular weight is 313 g/mol. The number of hydrogen-bond donors (Lipinski definition) is 0. The molecule has 2 aromatic heterocycles. The molecule has 0 saturated carbocycles. The maximum atomic E-state index is 12.1. The van der Waals surface area contributed by atoms with Crippen molar-refractivity contribution in [2.45, 2.75) is 6.54 Å². The van der Waals surface area contributed by atoms with Crippen LogP contribution in [0.25, 0.3) is 22.0 Å². The Balaban J connectivity index is 1.82. The van der Waals surface area contributed by atoms with Crippen LogP contribution in [-0.2, 0) is 6.54 Å². The Bertz CT molecular complexity index is 1050. The van der Waals surface area contributed by atoms with E-state index in [2.05, 4.69) is 28.3 Å². The van der Waals surface area contributed by atoms with E-state index < -0.39 is 0 Å². The van der Waals surface area contributed by atoms with Crippen LogP contribution in [0.3, 0.4) is 0 Å². The van der Waals surface area contributed by atoms with Gasteiger partial charge >= 0.3 is 0 Å². The molecule has 0 fully saturated rings. The van der Waals surface area contributed by atoms with Crippen LogP contribution in [-0.4, -0.2) is 14.8 Å². The zero-order chi connectivity index (χ0) is 16.4. The molecule has 0 aliphatic rings. The fraction of sp³-hybridized carbons (Fsp3) is 0.0500. The van der Waals surface area contributed by atoms with Gasteiger partial charge in [0, 0.05) is 17.8 Å². The highest BCUT2D eigenvalue weighted by Crippen LogP contribution is 2.26. The van der Waals surface area contributed by atoms with Gasteiger partial charge in [0.15, 0.2) is 0 Å². The van der Waals surface area contributed by atoms with Gasteiger partial charge in [0.25, 0.3) is 5.56 Å². The van der Waals surface area contributed by atoms with Gasteiger partial charge < -0.3 is 0 Å². The minimum absolute atomic E-state index is 0.135. The Morgan fingerprint density at radius 2 is 1.67 bits per heavy atom. The highest BCUT2D eigenvalue weighted by Gasteiger charge is 2.07. The van der Waals surface area contributed by atoms with Crippen molar-refractivity contribution in [3.8, 4) is 11.3 Å². The zero-order valence-electron chi connectivity index (χ0n) is 13.0. The van der Waals surface area contributed by atoms with Crippen molar-refractivity contribution in [3.05, 3.63) is 95.0 Å². The van der Waals surface area contributed by atoms with E-state index in [0.717, 1.165) is 27.7 Å². The Kier molecular flexibility index (Phi) is 3.63. The van der Waals surface area contributed by atoms with E-state index in [1.165, 1.54) is 4.68 Å². The predicted octanol–water partition coefficient (Wildman–Crippen LogP) is 3.51. The minimum Gasteiger partial charge on any atom is -0.268 e. The fourth-order valence-electron chi connectivity index (χ4n) is 2.80. The largest absolute Gasteiger partial charge is 0.268 e. The topological polar surface area (TPSA) is 47.8 Å². The molecule has 0 amide bonds. The van der Waals surface area contributed by atoms with Crippen LogP contribution < -0.4 is 5.56 Å². The van der Waals surface area contributed by atoms with E-state index in [1.54, 1.807) is 18.3 Å². The third-order valence-electron chi connectivity index (χ3n) is 3.97. The van der Waals surface area contributed by atoms with Crippen LogP contribution in [0.2, 0.25) is 0 Å². The first-order valence-electron chi connectivity index (χ1n) is 7.77. The van der Waals surface area contributed by atoms with E-state index in [4.69, 9.17) is 0 Å². The summed E-state index contributed by atoms with van der Waals surface area (Å²) in [5.74, 6) is 0. The standard InChI is InChI=1S/C20H15N3O/c24-20-12-11-19(22-23(20)14-16-8-3-4-13-21-16)18-10-5-7-15-6-1-2-9-17(15)18/h1-13H,14H2. The van der Waals surface area contributed by atoms with Gasteiger partial charge in [0.2, 0.25) is 0 Å². The lowest BCUT2D eigenvalue weighted by molar-refractivity contribution is 0.631. The summed E-state index contributed by atoms with van der Waals surface area (Å²) in [5, 5.41) is 6.83. The molecule has 116 valence electrons. The van der Waals surface area contributed by atoms with Gasteiger partial charge in [0.05, 0.1) is 17.9 Å². The second kappa shape index (κ2) is 6.08. The average Bonchev–Trinajstić information content (AvgIpc) is 2.64. The predicted molar refractivity (Wildman–Crippen MR) is 94.8 cm³/mol. The van der Waals surface area contributed by atoms with Crippen LogP contribution in [0.15, 0.2) is 83.8 Å². The van der Waals surface area contributed by atoms with Gasteiger partial charge in [-0.1, -0.05) is 48.5 Å². The summed E-state index contributed by atoms with van der Waals surface area (Å²) in [4.78, 5) is 16.4. The van der Waals surface area contributed by atoms with Crippen LogP contribution in [0, 0.1) is 0 Å². The molecule has 0 unspecified atom stereocenters. The van der Waals surface area contributed by atoms with E-state index in [9.17, 15) is 4.79 Å². The summed E-state index contributed by atoms with van der Waals surface area (Å²) in [6.45, 7) is 0.359. The number of nitrogens with zero attached hydrogens (tertiary/aromatic N) is 3. The van der Waals surface area contributed by atoms with Crippen LogP contribution >= 0.6 is 0 Å². The maximum absolute atomic E-state index is 12.1. The second-order valence-electron chi connectivity index (χ2n) is 5.56. The molecule has 0 spiro atoms. The van der Waals surface area contributed by atoms with Gasteiger partial charge in [-0.25, -0.2) is 4.68 Å². The monoisotopic (exact) mass is 313 g/mol. The van der Waals surface area contributed by atoms with Crippen molar-refractivity contribution >= 4 is 10.8 Å². The number of benzene rings is 2. The summed E-state index contributed by atoms with van der Waals surface area (Å²) < 4.78 is 1.46. The molecule has 0 atom stereocenters. The van der Waals surface area contributed by atoms with Crippen molar-refractivity contribution in [2.75, 3.05) is 0 Å². The summed E-state index contributed by atoms with van der Waals surface area (Å²) in [5.41, 5.74) is 2.47. The molecule has 0 aliphatic heterocycles. The molecule has 4 nitrogen and oxygen atoms in total. The number of pyridine rings is 1. The Morgan fingerprint density at radius 3 is 2.54 bits per heavy atom. The molecule has 4 heteroatoms. The molecule has 24 heavy (non-hydrogen) atoms. The molecule has 0 N–H and O–H groups in total. The fourth-order valence-corrected chi connectivity index (χ4v) is 2.80.